The van der Waals surface area contributed by atoms with Crippen LogP contribution >= 0.6 is 0 Å². The quantitative estimate of drug-likeness (QED) is 0.162. The third-order valence-electron chi connectivity index (χ3n) is 22.7. The highest BCUT2D eigenvalue weighted by molar-refractivity contribution is 5.83. The van der Waals surface area contributed by atoms with Gasteiger partial charge >= 0.3 is 47.8 Å². The number of ether oxygens (including phenoxy) is 10. The second-order valence-electron chi connectivity index (χ2n) is 27.9. The van der Waals surface area contributed by atoms with Crippen LogP contribution in [0.4, 0.5) is 0 Å². The summed E-state index contributed by atoms with van der Waals surface area (Å²) in [5, 5.41) is 0. The molecule has 0 radical (unpaired) electrons. The average molecular weight is 1450 g/mol. The van der Waals surface area contributed by atoms with E-state index in [4.69, 9.17) is 37.9 Å². The van der Waals surface area contributed by atoms with Gasteiger partial charge in [0, 0.05) is 48.9 Å². The molecule has 0 aromatic rings. The summed E-state index contributed by atoms with van der Waals surface area (Å²) in [7, 11) is 0. The van der Waals surface area contributed by atoms with Crippen molar-refractivity contribution in [3.63, 3.8) is 0 Å². The van der Waals surface area contributed by atoms with Gasteiger partial charge in [-0.2, -0.15) is 0 Å². The molecular formula is C83H144O19. The van der Waals surface area contributed by atoms with Crippen LogP contribution in [0, 0.1) is 88.8 Å². The molecule has 10 saturated carbocycles. The summed E-state index contributed by atoms with van der Waals surface area (Å²) >= 11 is 0. The molecule has 0 spiro atoms. The Morgan fingerprint density at radius 3 is 1.36 bits per heavy atom. The molecule has 14 bridgehead atoms. The molecule has 22 rings (SSSR count). The van der Waals surface area contributed by atoms with Crippen molar-refractivity contribution in [3.05, 3.63) is 0 Å². The number of hydrogen-bond acceptors (Lipinski definition) is 19. The summed E-state index contributed by atoms with van der Waals surface area (Å²) < 4.78 is 50.6. The highest BCUT2D eigenvalue weighted by atomic mass is 16.6. The second-order valence-corrected chi connectivity index (χ2v) is 27.9. The van der Waals surface area contributed by atoms with Crippen LogP contribution in [0.1, 0.15) is 311 Å². The van der Waals surface area contributed by atoms with Crippen LogP contribution in [0.25, 0.3) is 0 Å². The molecule has 102 heavy (non-hydrogen) atoms. The Labute approximate surface area is 616 Å². The maximum atomic E-state index is 11.2. The minimum absolute atomic E-state index is 0.0324. The smallest absolute Gasteiger partial charge is 0.312 e. The zero-order valence-corrected chi connectivity index (χ0v) is 67.0. The molecule has 20 unspecified atom stereocenters. The average Bonchev–Trinajstić information content (AvgIpc) is 1.62. The van der Waals surface area contributed by atoms with Crippen molar-refractivity contribution in [1.29, 1.82) is 0 Å². The van der Waals surface area contributed by atoms with Crippen LogP contribution in [0.5, 0.6) is 0 Å². The molecular weight excluding hydrogens is 1300 g/mol. The van der Waals surface area contributed by atoms with Gasteiger partial charge in [0.25, 0.3) is 0 Å². The van der Waals surface area contributed by atoms with E-state index >= 15 is 0 Å². The predicted molar refractivity (Wildman–Crippen MR) is 395 cm³/mol. The van der Waals surface area contributed by atoms with E-state index in [0.717, 1.165) is 134 Å². The van der Waals surface area contributed by atoms with Gasteiger partial charge in [-0.3, -0.25) is 43.2 Å². The molecule has 22 aliphatic rings. The summed E-state index contributed by atoms with van der Waals surface area (Å²) in [5.41, 5.74) is 0. The van der Waals surface area contributed by atoms with E-state index < -0.39 is 0 Å². The summed E-state index contributed by atoms with van der Waals surface area (Å²) in [4.78, 5) is 97.7. The molecule has 12 aliphatic heterocycles. The molecule has 0 aromatic heterocycles. The van der Waals surface area contributed by atoms with Gasteiger partial charge in [-0.25, -0.2) is 0 Å². The maximum Gasteiger partial charge on any atom is 0.312 e. The lowest BCUT2D eigenvalue weighted by Crippen LogP contribution is -2.36. The zero-order chi connectivity index (χ0) is 76.0. The highest BCUT2D eigenvalue weighted by Crippen LogP contribution is 2.56. The van der Waals surface area contributed by atoms with E-state index in [1.807, 2.05) is 125 Å². The van der Waals surface area contributed by atoms with E-state index in [1.165, 1.54) is 64.2 Å². The Kier molecular flexibility index (Phi) is 44.9. The first-order valence-corrected chi connectivity index (χ1v) is 42.0. The van der Waals surface area contributed by atoms with Gasteiger partial charge in [-0.15, -0.1) is 0 Å². The summed E-state index contributed by atoms with van der Waals surface area (Å²) in [5.74, 6) is 8.08. The van der Waals surface area contributed by atoms with Gasteiger partial charge in [-0.05, 0) is 178 Å². The van der Waals surface area contributed by atoms with Gasteiger partial charge in [-0.1, -0.05) is 137 Å². The zero-order valence-electron chi connectivity index (χ0n) is 67.0. The monoisotopic (exact) mass is 1450 g/mol. The van der Waals surface area contributed by atoms with Crippen molar-refractivity contribution in [2.24, 2.45) is 88.8 Å². The minimum atomic E-state index is -0.0463. The molecule has 22 fully saturated rings. The topological polar surface area (TPSA) is 246 Å². The van der Waals surface area contributed by atoms with Gasteiger partial charge in [0.2, 0.25) is 0 Å². The summed E-state index contributed by atoms with van der Waals surface area (Å²) in [6, 6.07) is 0. The van der Waals surface area contributed by atoms with Crippen LogP contribution in [0.2, 0.25) is 0 Å². The number of fused-ring (bicyclic) bond motifs is 15. The number of rotatable bonds is 0. The molecule has 0 N–H and O–H groups in total. The number of carbonyl (C=O) groups excluding carboxylic acids is 9. The lowest BCUT2D eigenvalue weighted by Gasteiger charge is -2.38. The van der Waals surface area contributed by atoms with Gasteiger partial charge < -0.3 is 47.4 Å². The molecule has 12 heterocycles. The Hall–Kier alpha value is -4.65. The van der Waals surface area contributed by atoms with Crippen LogP contribution in [-0.4, -0.2) is 129 Å². The SMILES string of the molecule is CC.CC.CC.CC.CC.CC.CC.CC.CC.O=C1CCCCO1.O=C1CCCO1.O=C1COC2CCC1CC2.O=C1OC2CC3CC1C2C3.O=C1OC2CC3CC1C2O3.O=C1OC2CC3CCC2C1C3.O=C1OC2CCCC1C2.O=C1OCC2C3CCC(C3)C12.O=C1OCC2CCCCC12. The van der Waals surface area contributed by atoms with Gasteiger partial charge in [0.05, 0.1) is 74.1 Å². The molecule has 20 atom stereocenters. The van der Waals surface area contributed by atoms with E-state index in [-0.39, 0.29) is 83.8 Å². The van der Waals surface area contributed by atoms with Crippen LogP contribution < -0.4 is 0 Å². The third kappa shape index (κ3) is 25.5. The molecule has 10 aliphatic carbocycles. The van der Waals surface area contributed by atoms with E-state index in [9.17, 15) is 43.2 Å². The number of carbonyl (C=O) groups is 9. The fraction of sp³-hybridized carbons (Fsp3) is 0.892. The fourth-order valence-electron chi connectivity index (χ4n) is 18.3. The van der Waals surface area contributed by atoms with Crippen molar-refractivity contribution >= 4 is 53.5 Å². The Bertz CT molecular complexity index is 2370. The molecule has 19 heteroatoms. The molecule has 12 saturated heterocycles. The van der Waals surface area contributed by atoms with Crippen molar-refractivity contribution in [1.82, 2.24) is 0 Å². The Morgan fingerprint density at radius 1 is 0.304 bits per heavy atom. The lowest BCUT2D eigenvalue weighted by molar-refractivity contribution is -0.147. The first-order chi connectivity index (χ1) is 49.8. The normalized spacial score (nSPS) is 36.9. The maximum absolute atomic E-state index is 11.2. The number of esters is 8. The first kappa shape index (κ1) is 91.6. The van der Waals surface area contributed by atoms with Crippen LogP contribution in [0.3, 0.4) is 0 Å². The Balaban J connectivity index is 0.000000291. The lowest BCUT2D eigenvalue weighted by atomic mass is 9.65. The van der Waals surface area contributed by atoms with Crippen molar-refractivity contribution in [2.75, 3.05) is 33.0 Å². The van der Waals surface area contributed by atoms with Gasteiger partial charge in [0.1, 0.15) is 37.1 Å². The largest absolute Gasteiger partial charge is 0.466 e. The summed E-state index contributed by atoms with van der Waals surface area (Å²) in [6.07, 6.45) is 33.8. The second kappa shape index (κ2) is 50.0. The standard InChI is InChI=1S/2C9H12O2.C8H10O2.2C8H12O2.C7H8O3.C7H10O2.C5H8O2.C4H6O2.9C2H6/c10-9-8-6-2-1-5(3-6)7(8)4-11-9;10-9-7-3-5-1-2-6(7)8(4-5)11-9;9-8-6-2-4-1-5(6)7(3-4)10-8;9-8-5-10-7-3-1-6(8)2-4-7;9-8-7-4-2-1-3-6(7)5-10-8;8-7-4-1-3-2-5(10-7)6(4)9-3;8-7-5-2-1-3-6(4-5)9-7;6-5-3-1-2-4-7-5;5-4-2-1-3-6-4;9*1-2/h2*5-8H,1-4H2;4-7H,1-3H2;2*6-7H,1-5H2;3-6H,1-2H2;5-6H,1-4H2;1-4H2;1-3H2;9*1-2H3. The van der Waals surface area contributed by atoms with E-state index in [1.54, 1.807) is 0 Å². The van der Waals surface area contributed by atoms with Crippen molar-refractivity contribution < 1.29 is 90.5 Å². The number of ketones is 1. The third-order valence-corrected chi connectivity index (χ3v) is 22.7. The fourth-order valence-corrected chi connectivity index (χ4v) is 18.3. The van der Waals surface area contributed by atoms with E-state index in [0.29, 0.717) is 123 Å². The molecule has 19 nitrogen and oxygen atoms in total. The number of hydrogen-bond donors (Lipinski definition) is 0. The molecule has 590 valence electrons. The minimum Gasteiger partial charge on any atom is -0.466 e. The van der Waals surface area contributed by atoms with Crippen LogP contribution in [-0.2, 0) is 90.5 Å². The van der Waals surface area contributed by atoms with Gasteiger partial charge in [0.15, 0.2) is 5.78 Å². The predicted octanol–water partition coefficient (Wildman–Crippen LogP) is 17.5. The number of cyclic esters (lactones) is 4. The highest BCUT2D eigenvalue weighted by Gasteiger charge is 2.59. The van der Waals surface area contributed by atoms with Crippen LogP contribution in [0.15, 0.2) is 0 Å². The van der Waals surface area contributed by atoms with E-state index in [2.05, 4.69) is 9.47 Å². The Morgan fingerprint density at radius 2 is 0.873 bits per heavy atom. The molecule has 0 aromatic carbocycles. The molecule has 0 amide bonds. The number of Topliss-reactive ketones (excluding diaryl/α,β-unsaturated/α-hetero) is 1. The van der Waals surface area contributed by atoms with Crippen molar-refractivity contribution in [2.45, 2.75) is 354 Å². The first-order valence-electron chi connectivity index (χ1n) is 42.0. The van der Waals surface area contributed by atoms with Crippen molar-refractivity contribution in [3.8, 4) is 0 Å². The summed E-state index contributed by atoms with van der Waals surface area (Å²) in [6.45, 7) is 39.1.